The van der Waals surface area contributed by atoms with E-state index in [1.807, 2.05) is 0 Å². The molecule has 0 spiro atoms. The van der Waals surface area contributed by atoms with Gasteiger partial charge in [-0.2, -0.15) is 0 Å². The molecule has 1 atom stereocenters. The molecular formula is C12H18ClNO2. The van der Waals surface area contributed by atoms with Gasteiger partial charge in [-0.05, 0) is 23.6 Å². The summed E-state index contributed by atoms with van der Waals surface area (Å²) in [5.74, 6) is 0.987. The lowest BCUT2D eigenvalue weighted by atomic mass is 9.92. The standard InChI is InChI=1S/C12H18ClNO2/c1-7(2)12-9(10(14)6-15)4-8(13)5-11(12)16-3/h4-5,7,10,15H,6,14H2,1-3H3. The molecule has 0 heterocycles. The van der Waals surface area contributed by atoms with Crippen LogP contribution in [0.3, 0.4) is 0 Å². The second-order valence-electron chi connectivity index (χ2n) is 4.05. The third-order valence-electron chi connectivity index (χ3n) is 2.53. The van der Waals surface area contributed by atoms with Crippen molar-refractivity contribution in [1.29, 1.82) is 0 Å². The van der Waals surface area contributed by atoms with Gasteiger partial charge in [0.05, 0.1) is 19.8 Å². The molecule has 1 unspecified atom stereocenters. The van der Waals surface area contributed by atoms with E-state index < -0.39 is 6.04 Å². The normalized spacial score (nSPS) is 12.9. The van der Waals surface area contributed by atoms with Crippen molar-refractivity contribution in [3.63, 3.8) is 0 Å². The highest BCUT2D eigenvalue weighted by molar-refractivity contribution is 6.30. The topological polar surface area (TPSA) is 55.5 Å². The number of halogens is 1. The number of benzene rings is 1. The van der Waals surface area contributed by atoms with E-state index in [-0.39, 0.29) is 12.5 Å². The Kier molecular flexibility index (Phi) is 4.59. The molecule has 0 aliphatic heterocycles. The van der Waals surface area contributed by atoms with Crippen LogP contribution in [0.15, 0.2) is 12.1 Å². The van der Waals surface area contributed by atoms with Crippen LogP contribution in [0.1, 0.15) is 36.9 Å². The minimum absolute atomic E-state index is 0.108. The van der Waals surface area contributed by atoms with E-state index in [4.69, 9.17) is 27.2 Å². The fraction of sp³-hybridized carbons (Fsp3) is 0.500. The Morgan fingerprint density at radius 1 is 1.44 bits per heavy atom. The molecule has 0 aliphatic carbocycles. The molecular weight excluding hydrogens is 226 g/mol. The predicted molar refractivity (Wildman–Crippen MR) is 66.1 cm³/mol. The predicted octanol–water partition coefficient (Wildman–Crippen LogP) is 2.46. The van der Waals surface area contributed by atoms with Crippen molar-refractivity contribution in [2.75, 3.05) is 13.7 Å². The molecule has 0 aliphatic rings. The Labute approximate surface area is 101 Å². The fourth-order valence-corrected chi connectivity index (χ4v) is 2.02. The zero-order valence-corrected chi connectivity index (χ0v) is 10.6. The third kappa shape index (κ3) is 2.67. The zero-order chi connectivity index (χ0) is 12.3. The highest BCUT2D eigenvalue weighted by atomic mass is 35.5. The maximum Gasteiger partial charge on any atom is 0.124 e. The van der Waals surface area contributed by atoms with Crippen molar-refractivity contribution >= 4 is 11.6 Å². The average molecular weight is 244 g/mol. The van der Waals surface area contributed by atoms with E-state index in [1.54, 1.807) is 19.2 Å². The van der Waals surface area contributed by atoms with Crippen molar-refractivity contribution < 1.29 is 9.84 Å². The van der Waals surface area contributed by atoms with Crippen LogP contribution in [0.4, 0.5) is 0 Å². The number of nitrogens with two attached hydrogens (primary N) is 1. The lowest BCUT2D eigenvalue weighted by Gasteiger charge is -2.20. The number of rotatable bonds is 4. The van der Waals surface area contributed by atoms with Crippen molar-refractivity contribution in [2.45, 2.75) is 25.8 Å². The summed E-state index contributed by atoms with van der Waals surface area (Å²) in [4.78, 5) is 0. The highest BCUT2D eigenvalue weighted by Crippen LogP contribution is 2.35. The number of methoxy groups -OCH3 is 1. The molecule has 4 heteroatoms. The first-order valence-electron chi connectivity index (χ1n) is 5.25. The molecule has 3 N–H and O–H groups in total. The monoisotopic (exact) mass is 243 g/mol. The van der Waals surface area contributed by atoms with Gasteiger partial charge >= 0.3 is 0 Å². The quantitative estimate of drug-likeness (QED) is 0.854. The van der Waals surface area contributed by atoms with E-state index in [0.29, 0.717) is 5.02 Å². The second kappa shape index (κ2) is 5.53. The number of aliphatic hydroxyl groups excluding tert-OH is 1. The minimum Gasteiger partial charge on any atom is -0.496 e. The molecule has 16 heavy (non-hydrogen) atoms. The van der Waals surface area contributed by atoms with Crippen LogP contribution in [0.5, 0.6) is 5.75 Å². The van der Waals surface area contributed by atoms with Gasteiger partial charge in [-0.3, -0.25) is 0 Å². The molecule has 1 aromatic rings. The molecule has 0 fully saturated rings. The van der Waals surface area contributed by atoms with E-state index in [0.717, 1.165) is 16.9 Å². The van der Waals surface area contributed by atoms with Crippen molar-refractivity contribution in [2.24, 2.45) is 5.73 Å². The molecule has 90 valence electrons. The van der Waals surface area contributed by atoms with Gasteiger partial charge in [-0.1, -0.05) is 25.4 Å². The van der Waals surface area contributed by atoms with Crippen molar-refractivity contribution in [3.8, 4) is 5.75 Å². The van der Waals surface area contributed by atoms with Crippen molar-refractivity contribution in [1.82, 2.24) is 0 Å². The summed E-state index contributed by atoms with van der Waals surface area (Å²) in [5, 5.41) is 9.71. The van der Waals surface area contributed by atoms with E-state index >= 15 is 0 Å². The van der Waals surface area contributed by atoms with Crippen LogP contribution in [0, 0.1) is 0 Å². The summed E-state index contributed by atoms with van der Waals surface area (Å²) in [7, 11) is 1.60. The summed E-state index contributed by atoms with van der Waals surface area (Å²) >= 11 is 5.99. The van der Waals surface area contributed by atoms with Crippen LogP contribution in [0.25, 0.3) is 0 Å². The summed E-state index contributed by atoms with van der Waals surface area (Å²) in [6.45, 7) is 4.00. The Morgan fingerprint density at radius 3 is 2.50 bits per heavy atom. The van der Waals surface area contributed by atoms with Gasteiger partial charge < -0.3 is 15.6 Å². The first-order valence-corrected chi connectivity index (χ1v) is 5.62. The van der Waals surface area contributed by atoms with Gasteiger partial charge in [0.1, 0.15) is 5.75 Å². The largest absolute Gasteiger partial charge is 0.496 e. The SMILES string of the molecule is COc1cc(Cl)cc(C(N)CO)c1C(C)C. The molecule has 0 saturated carbocycles. The average Bonchev–Trinajstić information content (AvgIpc) is 2.26. The smallest absolute Gasteiger partial charge is 0.124 e. The van der Waals surface area contributed by atoms with Crippen LogP contribution >= 0.6 is 11.6 Å². The van der Waals surface area contributed by atoms with E-state index in [2.05, 4.69) is 13.8 Å². The Balaban J connectivity index is 3.38. The van der Waals surface area contributed by atoms with Gasteiger partial charge in [0, 0.05) is 10.6 Å². The molecule has 1 aromatic carbocycles. The summed E-state index contributed by atoms with van der Waals surface area (Å²) in [6, 6.07) is 3.13. The van der Waals surface area contributed by atoms with Crippen LogP contribution in [-0.4, -0.2) is 18.8 Å². The lowest BCUT2D eigenvalue weighted by molar-refractivity contribution is 0.267. The molecule has 0 bridgehead atoms. The Morgan fingerprint density at radius 2 is 2.06 bits per heavy atom. The molecule has 0 saturated heterocycles. The van der Waals surface area contributed by atoms with E-state index in [1.165, 1.54) is 0 Å². The fourth-order valence-electron chi connectivity index (χ4n) is 1.81. The van der Waals surface area contributed by atoms with Crippen LogP contribution in [0.2, 0.25) is 5.02 Å². The number of hydrogen-bond acceptors (Lipinski definition) is 3. The summed E-state index contributed by atoms with van der Waals surface area (Å²) < 4.78 is 5.30. The maximum absolute atomic E-state index is 9.14. The highest BCUT2D eigenvalue weighted by Gasteiger charge is 2.18. The zero-order valence-electron chi connectivity index (χ0n) is 9.83. The number of hydrogen-bond donors (Lipinski definition) is 2. The van der Waals surface area contributed by atoms with Crippen LogP contribution in [-0.2, 0) is 0 Å². The van der Waals surface area contributed by atoms with Gasteiger partial charge in [0.2, 0.25) is 0 Å². The van der Waals surface area contributed by atoms with Gasteiger partial charge in [0.15, 0.2) is 0 Å². The van der Waals surface area contributed by atoms with Gasteiger partial charge in [-0.25, -0.2) is 0 Å². The van der Waals surface area contributed by atoms with Gasteiger partial charge in [0.25, 0.3) is 0 Å². The number of aliphatic hydroxyl groups is 1. The minimum atomic E-state index is -0.426. The molecule has 1 rings (SSSR count). The lowest BCUT2D eigenvalue weighted by Crippen LogP contribution is -2.17. The molecule has 0 amide bonds. The van der Waals surface area contributed by atoms with Gasteiger partial charge in [-0.15, -0.1) is 0 Å². The number of ether oxygens (including phenoxy) is 1. The first kappa shape index (κ1) is 13.3. The maximum atomic E-state index is 9.14. The Bertz CT molecular complexity index is 366. The van der Waals surface area contributed by atoms with Crippen LogP contribution < -0.4 is 10.5 Å². The molecule has 3 nitrogen and oxygen atoms in total. The first-order chi connectivity index (χ1) is 7.51. The van der Waals surface area contributed by atoms with E-state index in [9.17, 15) is 0 Å². The molecule has 0 aromatic heterocycles. The second-order valence-corrected chi connectivity index (χ2v) is 4.49. The summed E-state index contributed by atoms with van der Waals surface area (Å²) in [6.07, 6.45) is 0. The summed E-state index contributed by atoms with van der Waals surface area (Å²) in [5.41, 5.74) is 7.72. The third-order valence-corrected chi connectivity index (χ3v) is 2.75. The van der Waals surface area contributed by atoms with Crippen molar-refractivity contribution in [3.05, 3.63) is 28.3 Å². The Hall–Kier alpha value is -0.770. The molecule has 0 radical (unpaired) electrons.